The van der Waals surface area contributed by atoms with Gasteiger partial charge in [-0.1, -0.05) is 30.7 Å². The lowest BCUT2D eigenvalue weighted by molar-refractivity contribution is 0.283. The quantitative estimate of drug-likeness (QED) is 0.717. The van der Waals surface area contributed by atoms with Gasteiger partial charge in [0.05, 0.1) is 11.5 Å². The van der Waals surface area contributed by atoms with Crippen LogP contribution >= 0.6 is 0 Å². The van der Waals surface area contributed by atoms with E-state index in [1.54, 1.807) is 0 Å². The molecule has 0 fully saturated rings. The average molecular weight is 390 g/mol. The van der Waals surface area contributed by atoms with Crippen LogP contribution in [0.25, 0.3) is 0 Å². The Morgan fingerprint density at radius 1 is 0.889 bits per heavy atom. The van der Waals surface area contributed by atoms with Gasteiger partial charge in [-0.15, -0.1) is 0 Å². The van der Waals surface area contributed by atoms with E-state index in [4.69, 9.17) is 4.74 Å². The molecule has 0 saturated carbocycles. The molecule has 0 aliphatic rings. The van der Waals surface area contributed by atoms with Gasteiger partial charge in [-0.05, 0) is 81.3 Å². The number of nitrogens with one attached hydrogen (secondary N) is 1. The molecule has 5 heteroatoms. The third kappa shape index (κ3) is 6.08. The summed E-state index contributed by atoms with van der Waals surface area (Å²) in [5.41, 5.74) is 4.99. The van der Waals surface area contributed by atoms with Crippen molar-refractivity contribution in [2.24, 2.45) is 5.92 Å². The van der Waals surface area contributed by atoms with E-state index in [0.29, 0.717) is 18.0 Å². The molecular formula is C22H31NO3S. The maximum absolute atomic E-state index is 12.7. The molecule has 148 valence electrons. The monoisotopic (exact) mass is 389 g/mol. The van der Waals surface area contributed by atoms with Crippen LogP contribution in [0.15, 0.2) is 35.2 Å². The third-order valence-electron chi connectivity index (χ3n) is 4.57. The van der Waals surface area contributed by atoms with Gasteiger partial charge in [0, 0.05) is 6.54 Å². The second-order valence-corrected chi connectivity index (χ2v) is 9.35. The van der Waals surface area contributed by atoms with E-state index in [1.807, 2.05) is 65.8 Å². The van der Waals surface area contributed by atoms with E-state index in [1.165, 1.54) is 11.1 Å². The highest BCUT2D eigenvalue weighted by Gasteiger charge is 2.20. The van der Waals surface area contributed by atoms with Gasteiger partial charge >= 0.3 is 0 Å². The van der Waals surface area contributed by atoms with Crippen LogP contribution < -0.4 is 9.46 Å². The zero-order valence-corrected chi connectivity index (χ0v) is 18.0. The van der Waals surface area contributed by atoms with Crippen molar-refractivity contribution >= 4 is 10.0 Å². The normalized spacial score (nSPS) is 12.8. The molecule has 1 atom stereocenters. The lowest BCUT2D eigenvalue weighted by atomic mass is 10.1. The molecule has 0 spiro atoms. The first kappa shape index (κ1) is 21.5. The summed E-state index contributed by atoms with van der Waals surface area (Å²) in [6.45, 7) is 12.7. The van der Waals surface area contributed by atoms with Gasteiger partial charge in [0.25, 0.3) is 0 Å². The van der Waals surface area contributed by atoms with Crippen LogP contribution in [0.3, 0.4) is 0 Å². The number of hydrogen-bond donors (Lipinski definition) is 1. The lowest BCUT2D eigenvalue weighted by Crippen LogP contribution is -2.30. The highest BCUT2D eigenvalue weighted by atomic mass is 32.2. The Bertz CT molecular complexity index is 861. The van der Waals surface area contributed by atoms with E-state index in [-0.39, 0.29) is 5.92 Å². The summed E-state index contributed by atoms with van der Waals surface area (Å²) in [6, 6.07) is 9.96. The molecule has 0 saturated heterocycles. The summed E-state index contributed by atoms with van der Waals surface area (Å²) >= 11 is 0. The van der Waals surface area contributed by atoms with E-state index in [9.17, 15) is 8.42 Å². The third-order valence-corrected chi connectivity index (χ3v) is 6.30. The van der Waals surface area contributed by atoms with Crippen molar-refractivity contribution < 1.29 is 13.2 Å². The summed E-state index contributed by atoms with van der Waals surface area (Å²) < 4.78 is 34.0. The van der Waals surface area contributed by atoms with E-state index in [2.05, 4.69) is 10.8 Å². The number of aryl methyl sites for hydroxylation is 5. The summed E-state index contributed by atoms with van der Waals surface area (Å²) in [6.07, 6.45) is 0.779. The molecule has 1 unspecified atom stereocenters. The highest BCUT2D eigenvalue weighted by Crippen LogP contribution is 2.22. The van der Waals surface area contributed by atoms with Gasteiger partial charge < -0.3 is 4.74 Å². The van der Waals surface area contributed by atoms with E-state index in [0.717, 1.165) is 28.9 Å². The maximum Gasteiger partial charge on any atom is 0.241 e. The van der Waals surface area contributed by atoms with Gasteiger partial charge in [0.2, 0.25) is 10.0 Å². The minimum absolute atomic E-state index is 0.178. The van der Waals surface area contributed by atoms with Crippen LogP contribution in [0.5, 0.6) is 5.75 Å². The topological polar surface area (TPSA) is 55.4 Å². The molecule has 0 aliphatic carbocycles. The van der Waals surface area contributed by atoms with Gasteiger partial charge in [0.1, 0.15) is 5.75 Å². The fourth-order valence-corrected chi connectivity index (χ4v) is 5.02. The first-order valence-corrected chi connectivity index (χ1v) is 10.9. The zero-order chi connectivity index (χ0) is 20.2. The minimum Gasteiger partial charge on any atom is -0.494 e. The lowest BCUT2D eigenvalue weighted by Gasteiger charge is -2.16. The molecule has 0 aromatic heterocycles. The fourth-order valence-electron chi connectivity index (χ4n) is 3.41. The Morgan fingerprint density at radius 3 is 1.96 bits per heavy atom. The molecular weight excluding hydrogens is 358 g/mol. The number of sulfonamides is 1. The van der Waals surface area contributed by atoms with Crippen LogP contribution in [0.2, 0.25) is 0 Å². The summed E-state index contributed by atoms with van der Waals surface area (Å²) in [4.78, 5) is 0.395. The Labute approximate surface area is 164 Å². The summed E-state index contributed by atoms with van der Waals surface area (Å²) in [5.74, 6) is 1.04. The second kappa shape index (κ2) is 8.89. The minimum atomic E-state index is -3.51. The molecule has 1 N–H and O–H groups in total. The van der Waals surface area contributed by atoms with Crippen LogP contribution in [0, 0.1) is 40.5 Å². The van der Waals surface area contributed by atoms with Crippen molar-refractivity contribution in [2.75, 3.05) is 13.2 Å². The van der Waals surface area contributed by atoms with Crippen molar-refractivity contribution in [2.45, 2.75) is 52.9 Å². The number of rotatable bonds is 8. The molecule has 2 rings (SSSR count). The van der Waals surface area contributed by atoms with E-state index < -0.39 is 10.0 Å². The predicted octanol–water partition coefficient (Wildman–Crippen LogP) is 4.61. The van der Waals surface area contributed by atoms with Crippen LogP contribution in [-0.4, -0.2) is 21.6 Å². The van der Waals surface area contributed by atoms with Gasteiger partial charge in [-0.2, -0.15) is 0 Å². The smallest absolute Gasteiger partial charge is 0.241 e. The van der Waals surface area contributed by atoms with Crippen molar-refractivity contribution in [1.29, 1.82) is 0 Å². The molecule has 0 bridgehead atoms. The number of ether oxygens (including phenoxy) is 1. The van der Waals surface area contributed by atoms with Crippen LogP contribution in [-0.2, 0) is 10.0 Å². The summed E-state index contributed by atoms with van der Waals surface area (Å²) in [5, 5.41) is 0. The molecule has 27 heavy (non-hydrogen) atoms. The van der Waals surface area contributed by atoms with Crippen LogP contribution in [0.1, 0.15) is 41.2 Å². The van der Waals surface area contributed by atoms with Crippen molar-refractivity contribution in [3.63, 3.8) is 0 Å². The summed E-state index contributed by atoms with van der Waals surface area (Å²) in [7, 11) is -3.51. The Balaban J connectivity index is 1.90. The predicted molar refractivity (Wildman–Crippen MR) is 111 cm³/mol. The SMILES string of the molecule is Cc1cc(C)cc(OCCC(C)CNS(=O)(=O)c2c(C)cc(C)cc2C)c1. The highest BCUT2D eigenvalue weighted by molar-refractivity contribution is 7.89. The van der Waals surface area contributed by atoms with Gasteiger partial charge in [-0.3, -0.25) is 0 Å². The fraction of sp³-hybridized carbons (Fsp3) is 0.455. The van der Waals surface area contributed by atoms with Crippen molar-refractivity contribution in [1.82, 2.24) is 4.72 Å². The van der Waals surface area contributed by atoms with Crippen LogP contribution in [0.4, 0.5) is 0 Å². The largest absolute Gasteiger partial charge is 0.494 e. The molecule has 4 nitrogen and oxygen atoms in total. The van der Waals surface area contributed by atoms with Crippen molar-refractivity contribution in [3.05, 3.63) is 58.1 Å². The first-order chi connectivity index (χ1) is 12.6. The Kier molecular flexibility index (Phi) is 7.06. The Morgan fingerprint density at radius 2 is 1.41 bits per heavy atom. The molecule has 0 amide bonds. The van der Waals surface area contributed by atoms with E-state index >= 15 is 0 Å². The Hall–Kier alpha value is -1.85. The molecule has 0 heterocycles. The van der Waals surface area contributed by atoms with Gasteiger partial charge in [0.15, 0.2) is 0 Å². The molecule has 2 aromatic rings. The number of hydrogen-bond acceptors (Lipinski definition) is 3. The first-order valence-electron chi connectivity index (χ1n) is 9.37. The maximum atomic E-state index is 12.7. The van der Waals surface area contributed by atoms with Crippen molar-refractivity contribution in [3.8, 4) is 5.75 Å². The average Bonchev–Trinajstić information content (AvgIpc) is 2.50. The zero-order valence-electron chi connectivity index (χ0n) is 17.2. The standard InChI is InChI=1S/C22H31NO3S/c1-15(7-8-26-21-12-16(2)9-17(3)13-21)14-23-27(24,25)22-19(5)10-18(4)11-20(22)6/h9-13,15,23H,7-8,14H2,1-6H3. The number of benzene rings is 2. The van der Waals surface area contributed by atoms with Gasteiger partial charge in [-0.25, -0.2) is 13.1 Å². The molecule has 0 aliphatic heterocycles. The molecule has 2 aromatic carbocycles. The second-order valence-electron chi connectivity index (χ2n) is 7.65. The molecule has 0 radical (unpaired) electrons.